The molecule has 0 aromatic heterocycles. The zero-order chi connectivity index (χ0) is 24.3. The molecule has 1 amide bonds. The molecule has 1 unspecified atom stereocenters. The Balaban J connectivity index is 1.86. The first kappa shape index (κ1) is 24.8. The summed E-state index contributed by atoms with van der Waals surface area (Å²) in [6.45, 7) is 15.2. The van der Waals surface area contributed by atoms with Gasteiger partial charge in [0.1, 0.15) is 5.75 Å². The molecule has 1 atom stereocenters. The minimum atomic E-state index is -0.165. The van der Waals surface area contributed by atoms with Gasteiger partial charge in [-0.1, -0.05) is 45.0 Å². The highest BCUT2D eigenvalue weighted by Gasteiger charge is 2.32. The number of carbonyl (C=O) groups excluding carboxylic acids is 2. The van der Waals surface area contributed by atoms with Gasteiger partial charge >= 0.3 is 5.97 Å². The van der Waals surface area contributed by atoms with Crippen LogP contribution in [0.25, 0.3) is 0 Å². The van der Waals surface area contributed by atoms with Crippen molar-refractivity contribution in [1.29, 1.82) is 0 Å². The summed E-state index contributed by atoms with van der Waals surface area (Å²) in [6.07, 6.45) is 1.52. The molecule has 5 nitrogen and oxygen atoms in total. The topological polar surface area (TPSA) is 64.6 Å². The molecular formula is C28H37NO4. The molecule has 1 aliphatic heterocycles. The van der Waals surface area contributed by atoms with Crippen molar-refractivity contribution in [2.24, 2.45) is 5.41 Å². The van der Waals surface area contributed by atoms with E-state index in [-0.39, 0.29) is 23.2 Å². The number of amides is 1. The largest absolute Gasteiger partial charge is 0.492 e. The fourth-order valence-corrected chi connectivity index (χ4v) is 4.51. The van der Waals surface area contributed by atoms with Crippen molar-refractivity contribution >= 4 is 17.6 Å². The van der Waals surface area contributed by atoms with Crippen LogP contribution in [0.4, 0.5) is 5.69 Å². The van der Waals surface area contributed by atoms with Crippen LogP contribution in [0.5, 0.6) is 5.75 Å². The van der Waals surface area contributed by atoms with E-state index in [1.165, 1.54) is 5.56 Å². The first-order chi connectivity index (χ1) is 15.5. The summed E-state index contributed by atoms with van der Waals surface area (Å²) in [5.74, 6) is 0.920. The van der Waals surface area contributed by atoms with Crippen LogP contribution in [0.3, 0.4) is 0 Å². The second-order valence-corrected chi connectivity index (χ2v) is 10.2. The molecule has 5 heteroatoms. The van der Waals surface area contributed by atoms with E-state index in [2.05, 4.69) is 64.2 Å². The number of carbonyl (C=O) groups is 2. The smallest absolute Gasteiger partial charge is 0.306 e. The highest BCUT2D eigenvalue weighted by Crippen LogP contribution is 2.46. The standard InChI is InChI=1S/C28H37NO4/c1-8-32-24(31)14-11-20-9-12-21(13-10-20)22-16-33-27-18(3)17(2)26(19(4)25(22)27)29-23(30)15-28(5,6)7/h9-10,12-13,22H,8,11,14-16H2,1-7H3,(H,29,30). The van der Waals surface area contributed by atoms with Crippen molar-refractivity contribution < 1.29 is 19.1 Å². The number of fused-ring (bicyclic) bond motifs is 1. The van der Waals surface area contributed by atoms with Crippen molar-refractivity contribution in [2.45, 2.75) is 73.6 Å². The molecule has 0 aliphatic carbocycles. The third kappa shape index (κ3) is 5.76. The highest BCUT2D eigenvalue weighted by atomic mass is 16.5. The van der Waals surface area contributed by atoms with E-state index in [1.807, 2.05) is 13.8 Å². The second-order valence-electron chi connectivity index (χ2n) is 10.2. The summed E-state index contributed by atoms with van der Waals surface area (Å²) in [6, 6.07) is 8.40. The van der Waals surface area contributed by atoms with E-state index < -0.39 is 0 Å². The molecule has 1 N–H and O–H groups in total. The number of esters is 1. The summed E-state index contributed by atoms with van der Waals surface area (Å²) < 4.78 is 11.2. The van der Waals surface area contributed by atoms with Crippen molar-refractivity contribution in [3.63, 3.8) is 0 Å². The van der Waals surface area contributed by atoms with Crippen LogP contribution in [0.15, 0.2) is 24.3 Å². The third-order valence-corrected chi connectivity index (χ3v) is 6.31. The second kappa shape index (κ2) is 9.98. The van der Waals surface area contributed by atoms with Gasteiger partial charge in [-0.2, -0.15) is 0 Å². The maximum absolute atomic E-state index is 12.7. The summed E-state index contributed by atoms with van der Waals surface area (Å²) in [7, 11) is 0. The predicted octanol–water partition coefficient (Wildman–Crippen LogP) is 6.01. The maximum Gasteiger partial charge on any atom is 0.306 e. The molecule has 0 fully saturated rings. The Morgan fingerprint density at radius 2 is 1.73 bits per heavy atom. The molecule has 3 rings (SSSR count). The monoisotopic (exact) mass is 451 g/mol. The fraction of sp³-hybridized carbons (Fsp3) is 0.500. The summed E-state index contributed by atoms with van der Waals surface area (Å²) in [5, 5.41) is 3.19. The lowest BCUT2D eigenvalue weighted by atomic mass is 9.86. The third-order valence-electron chi connectivity index (χ3n) is 6.31. The number of anilines is 1. The van der Waals surface area contributed by atoms with Crippen molar-refractivity contribution in [2.75, 3.05) is 18.5 Å². The molecule has 0 spiro atoms. The molecule has 33 heavy (non-hydrogen) atoms. The number of hydrogen-bond acceptors (Lipinski definition) is 4. The van der Waals surface area contributed by atoms with Gasteiger partial charge in [0.25, 0.3) is 0 Å². The Morgan fingerprint density at radius 3 is 2.33 bits per heavy atom. The molecule has 0 saturated carbocycles. The summed E-state index contributed by atoms with van der Waals surface area (Å²) in [4.78, 5) is 24.4. The summed E-state index contributed by atoms with van der Waals surface area (Å²) >= 11 is 0. The van der Waals surface area contributed by atoms with E-state index >= 15 is 0 Å². The zero-order valence-corrected chi connectivity index (χ0v) is 21.1. The lowest BCUT2D eigenvalue weighted by Crippen LogP contribution is -2.21. The number of benzene rings is 2. The van der Waals surface area contributed by atoms with Gasteiger partial charge < -0.3 is 14.8 Å². The van der Waals surface area contributed by atoms with Crippen molar-refractivity contribution in [1.82, 2.24) is 0 Å². The average molecular weight is 452 g/mol. The molecule has 0 bridgehead atoms. The normalized spacial score (nSPS) is 15.1. The van der Waals surface area contributed by atoms with Gasteiger partial charge in [-0.25, -0.2) is 0 Å². The van der Waals surface area contributed by atoms with E-state index in [4.69, 9.17) is 9.47 Å². The molecular weight excluding hydrogens is 414 g/mol. The van der Waals surface area contributed by atoms with Gasteiger partial charge in [-0.3, -0.25) is 9.59 Å². The maximum atomic E-state index is 12.7. The number of hydrogen-bond donors (Lipinski definition) is 1. The van der Waals surface area contributed by atoms with Crippen LogP contribution in [0.1, 0.15) is 79.8 Å². The molecule has 1 aliphatic rings. The zero-order valence-electron chi connectivity index (χ0n) is 21.1. The first-order valence-electron chi connectivity index (χ1n) is 11.8. The molecule has 2 aromatic carbocycles. The number of ether oxygens (including phenoxy) is 2. The summed E-state index contributed by atoms with van der Waals surface area (Å²) in [5.41, 5.74) is 7.48. The van der Waals surface area contributed by atoms with Crippen molar-refractivity contribution in [3.8, 4) is 5.75 Å². The first-order valence-corrected chi connectivity index (χ1v) is 11.8. The average Bonchev–Trinajstić information content (AvgIpc) is 3.18. The Hall–Kier alpha value is -2.82. The van der Waals surface area contributed by atoms with Gasteiger partial charge in [0, 0.05) is 30.0 Å². The van der Waals surface area contributed by atoms with Gasteiger partial charge in [0.15, 0.2) is 0 Å². The van der Waals surface area contributed by atoms with Crippen molar-refractivity contribution in [3.05, 3.63) is 57.6 Å². The number of rotatable bonds is 7. The minimum absolute atomic E-state index is 0.0365. The lowest BCUT2D eigenvalue weighted by Gasteiger charge is -2.22. The van der Waals surface area contributed by atoms with Crippen LogP contribution in [-0.4, -0.2) is 25.1 Å². The molecule has 0 saturated heterocycles. The Labute approximate surface area is 197 Å². The van der Waals surface area contributed by atoms with Crippen LogP contribution >= 0.6 is 0 Å². The Morgan fingerprint density at radius 1 is 1.06 bits per heavy atom. The highest BCUT2D eigenvalue weighted by molar-refractivity contribution is 5.93. The minimum Gasteiger partial charge on any atom is -0.492 e. The van der Waals surface area contributed by atoms with Gasteiger partial charge in [-0.15, -0.1) is 0 Å². The Bertz CT molecular complexity index is 1030. The molecule has 1 heterocycles. The van der Waals surface area contributed by atoms with Gasteiger partial charge in [-0.05, 0) is 67.3 Å². The quantitative estimate of drug-likeness (QED) is 0.524. The number of aryl methyl sites for hydroxylation is 1. The molecule has 2 aromatic rings. The van der Waals surface area contributed by atoms with E-state index in [9.17, 15) is 9.59 Å². The SMILES string of the molecule is CCOC(=O)CCc1ccc(C2COc3c(C)c(C)c(NC(=O)CC(C)(C)C)c(C)c32)cc1. The van der Waals surface area contributed by atoms with E-state index in [0.717, 1.165) is 39.3 Å². The van der Waals surface area contributed by atoms with E-state index in [1.54, 1.807) is 0 Å². The Kier molecular flexibility index (Phi) is 7.51. The lowest BCUT2D eigenvalue weighted by molar-refractivity contribution is -0.143. The fourth-order valence-electron chi connectivity index (χ4n) is 4.51. The number of nitrogens with one attached hydrogen (secondary N) is 1. The van der Waals surface area contributed by atoms with Gasteiger partial charge in [0.05, 0.1) is 13.2 Å². The van der Waals surface area contributed by atoms with Crippen LogP contribution in [-0.2, 0) is 20.7 Å². The van der Waals surface area contributed by atoms with Crippen LogP contribution < -0.4 is 10.1 Å². The van der Waals surface area contributed by atoms with Gasteiger partial charge in [0.2, 0.25) is 5.91 Å². The van der Waals surface area contributed by atoms with E-state index in [0.29, 0.717) is 32.5 Å². The van der Waals surface area contributed by atoms with Crippen LogP contribution in [0.2, 0.25) is 0 Å². The van der Waals surface area contributed by atoms with Crippen LogP contribution in [0, 0.1) is 26.2 Å². The molecule has 178 valence electrons. The predicted molar refractivity (Wildman–Crippen MR) is 132 cm³/mol. The molecule has 0 radical (unpaired) electrons.